The summed E-state index contributed by atoms with van der Waals surface area (Å²) in [7, 11) is 0. The second-order valence-electron chi connectivity index (χ2n) is 8.59. The number of ketones is 1. The quantitative estimate of drug-likeness (QED) is 0.108. The number of nitrogens with one attached hydrogen (secondary N) is 3. The first-order valence-corrected chi connectivity index (χ1v) is 12.1. The highest BCUT2D eigenvalue weighted by Crippen LogP contribution is 2.20. The van der Waals surface area contributed by atoms with Crippen molar-refractivity contribution in [3.8, 4) is 0 Å². The number of para-hydroxylation sites is 2. The summed E-state index contributed by atoms with van der Waals surface area (Å²) in [4.78, 5) is 84.4. The predicted octanol–water partition coefficient (Wildman–Crippen LogP) is 2.66. The molecule has 0 aliphatic carbocycles. The van der Waals surface area contributed by atoms with Crippen molar-refractivity contribution in [3.63, 3.8) is 0 Å². The molecule has 0 radical (unpaired) electrons. The molecular weight excluding hydrogens is 542 g/mol. The van der Waals surface area contributed by atoms with E-state index in [4.69, 9.17) is 0 Å². The van der Waals surface area contributed by atoms with E-state index in [0.717, 1.165) is 33.7 Å². The molecule has 0 spiro atoms. The molecule has 12 heteroatoms. The fraction of sp³-hybridized carbons (Fsp3) is 0.100. The van der Waals surface area contributed by atoms with Crippen molar-refractivity contribution in [3.05, 3.63) is 89.8 Å². The number of aldehydes is 1. The maximum absolute atomic E-state index is 11.8. The van der Waals surface area contributed by atoms with Gasteiger partial charge >= 0.3 is 6.03 Å². The Labute approximate surface area is 239 Å². The molecule has 2 saturated heterocycles. The minimum Gasteiger partial charge on any atom is -0.298 e. The minimum absolute atomic E-state index is 0. The molecule has 0 bridgehead atoms. The number of benzene rings is 2. The largest absolute Gasteiger partial charge is 0.328 e. The maximum Gasteiger partial charge on any atom is 0.328 e. The summed E-state index contributed by atoms with van der Waals surface area (Å²) in [5.41, 5.74) is 3.06. The normalized spacial score (nSPS) is 15.3. The molecule has 212 valence electrons. The number of piperidine rings is 1. The van der Waals surface area contributed by atoms with Crippen molar-refractivity contribution in [2.75, 3.05) is 0 Å². The number of imide groups is 3. The van der Waals surface area contributed by atoms with Gasteiger partial charge in [0.1, 0.15) is 6.42 Å². The summed E-state index contributed by atoms with van der Waals surface area (Å²) in [5.74, 6) is -2.77. The van der Waals surface area contributed by atoms with E-state index >= 15 is 0 Å². The number of pyridine rings is 2. The van der Waals surface area contributed by atoms with E-state index in [2.05, 4.69) is 15.3 Å². The van der Waals surface area contributed by atoms with E-state index in [-0.39, 0.29) is 25.8 Å². The third kappa shape index (κ3) is 7.60. The molecule has 2 aromatic carbocycles. The highest BCUT2D eigenvalue weighted by atomic mass is 16.2. The van der Waals surface area contributed by atoms with E-state index in [0.29, 0.717) is 5.56 Å². The summed E-state index contributed by atoms with van der Waals surface area (Å²) < 4.78 is 0. The van der Waals surface area contributed by atoms with Gasteiger partial charge in [-0.25, -0.2) is 4.79 Å². The number of fused-ring (bicyclic) bond motifs is 2. The molecule has 2 aliphatic rings. The Morgan fingerprint density at radius 2 is 1.12 bits per heavy atom. The third-order valence-electron chi connectivity index (χ3n) is 5.74. The summed E-state index contributed by atoms with van der Waals surface area (Å²) in [6.45, 7) is 0. The molecule has 6 rings (SSSR count). The summed E-state index contributed by atoms with van der Waals surface area (Å²) >= 11 is 0. The Morgan fingerprint density at radius 3 is 1.64 bits per heavy atom. The molecule has 12 nitrogen and oxygen atoms in total. The minimum atomic E-state index is -0.740. The standard InChI is InChI=1S/C15H10N2O3.C10H7NO.C4H4N2O3.CH4/c18-13-8-14(19)17-15(20)11(13)7-9-5-6-16-12-4-2-1-3-10(9)12;12-7-8-5-6-11-10-4-2-1-3-9(8)10;7-2-1-3(8)6-4(9)5-2;/h1-7H,8H2,(H,17,19,20);1-7H;1H2,(H2,5,6,7,8,9);1H4/b11-7-;;;. The van der Waals surface area contributed by atoms with Gasteiger partial charge in [0.05, 0.1) is 23.0 Å². The van der Waals surface area contributed by atoms with Crippen LogP contribution in [0.2, 0.25) is 0 Å². The van der Waals surface area contributed by atoms with Crippen LogP contribution in [0.15, 0.2) is 78.6 Å². The van der Waals surface area contributed by atoms with Crippen LogP contribution >= 0.6 is 0 Å². The number of rotatable bonds is 2. The zero-order valence-electron chi connectivity index (χ0n) is 21.2. The van der Waals surface area contributed by atoms with Crippen LogP contribution in [0.4, 0.5) is 4.79 Å². The van der Waals surface area contributed by atoms with Crippen LogP contribution in [-0.2, 0) is 24.0 Å². The van der Waals surface area contributed by atoms with Gasteiger partial charge in [-0.2, -0.15) is 0 Å². The number of nitrogens with zero attached hydrogens (tertiary/aromatic N) is 2. The lowest BCUT2D eigenvalue weighted by molar-refractivity contribution is -0.135. The second-order valence-corrected chi connectivity index (χ2v) is 8.59. The molecule has 6 amide bonds. The molecule has 0 atom stereocenters. The first kappa shape index (κ1) is 30.6. The molecule has 3 N–H and O–H groups in total. The number of barbiturate groups is 1. The topological polar surface area (TPSA) is 181 Å². The Balaban J connectivity index is 0.000000188. The molecule has 2 aliphatic heterocycles. The highest BCUT2D eigenvalue weighted by molar-refractivity contribution is 6.32. The summed E-state index contributed by atoms with van der Waals surface area (Å²) in [6, 6.07) is 17.7. The van der Waals surface area contributed by atoms with Crippen LogP contribution in [0.25, 0.3) is 27.9 Å². The number of urea groups is 1. The van der Waals surface area contributed by atoms with Crippen LogP contribution in [0.1, 0.15) is 36.2 Å². The Morgan fingerprint density at radius 1 is 0.619 bits per heavy atom. The second kappa shape index (κ2) is 13.9. The van der Waals surface area contributed by atoms with E-state index in [1.54, 1.807) is 24.5 Å². The fourth-order valence-corrected chi connectivity index (χ4v) is 3.89. The first-order chi connectivity index (χ1) is 19.7. The van der Waals surface area contributed by atoms with Gasteiger partial charge in [0.25, 0.3) is 5.91 Å². The van der Waals surface area contributed by atoms with Gasteiger partial charge in [-0.05, 0) is 35.9 Å². The monoisotopic (exact) mass is 567 g/mol. The van der Waals surface area contributed by atoms with Crippen LogP contribution in [-0.4, -0.2) is 51.7 Å². The van der Waals surface area contributed by atoms with Crippen LogP contribution in [0.5, 0.6) is 0 Å². The molecule has 4 heterocycles. The number of carbonyl (C=O) groups excluding carboxylic acids is 7. The van der Waals surface area contributed by atoms with Gasteiger partial charge in [0.15, 0.2) is 12.1 Å². The molecular formula is C30H25N5O7. The number of hydrogen-bond donors (Lipinski definition) is 3. The van der Waals surface area contributed by atoms with Crippen molar-refractivity contribution < 1.29 is 33.6 Å². The molecule has 4 aromatic rings. The van der Waals surface area contributed by atoms with Crippen LogP contribution < -0.4 is 16.0 Å². The molecule has 2 fully saturated rings. The number of Topliss-reactive ketones (excluding diaryl/α,β-unsaturated/α-hetero) is 1. The molecule has 0 unspecified atom stereocenters. The molecule has 42 heavy (non-hydrogen) atoms. The summed E-state index contributed by atoms with van der Waals surface area (Å²) in [5, 5.41) is 7.70. The van der Waals surface area contributed by atoms with Crippen molar-refractivity contribution in [2.45, 2.75) is 20.3 Å². The van der Waals surface area contributed by atoms with Crippen LogP contribution in [0.3, 0.4) is 0 Å². The Bertz CT molecular complexity index is 1690. The zero-order chi connectivity index (χ0) is 29.4. The van der Waals surface area contributed by atoms with E-state index in [9.17, 15) is 33.6 Å². The Kier molecular flexibility index (Phi) is 10.2. The fourth-order valence-electron chi connectivity index (χ4n) is 3.89. The number of aromatic nitrogens is 2. The predicted molar refractivity (Wildman–Crippen MR) is 153 cm³/mol. The number of hydrogen-bond acceptors (Lipinski definition) is 9. The van der Waals surface area contributed by atoms with Crippen molar-refractivity contribution in [1.29, 1.82) is 0 Å². The zero-order valence-corrected chi connectivity index (χ0v) is 21.2. The third-order valence-corrected chi connectivity index (χ3v) is 5.74. The summed E-state index contributed by atoms with van der Waals surface area (Å²) in [6.07, 6.45) is 5.07. The van der Waals surface area contributed by atoms with Gasteiger partial charge in [-0.1, -0.05) is 43.8 Å². The van der Waals surface area contributed by atoms with E-state index in [1.807, 2.05) is 59.2 Å². The van der Waals surface area contributed by atoms with E-state index in [1.165, 1.54) is 6.08 Å². The van der Waals surface area contributed by atoms with Crippen molar-refractivity contribution >= 4 is 69.6 Å². The number of carbonyl (C=O) groups is 7. The highest BCUT2D eigenvalue weighted by Gasteiger charge is 2.28. The van der Waals surface area contributed by atoms with Gasteiger partial charge < -0.3 is 0 Å². The lowest BCUT2D eigenvalue weighted by Gasteiger charge is -2.12. The van der Waals surface area contributed by atoms with Gasteiger partial charge in [0, 0.05) is 28.7 Å². The van der Waals surface area contributed by atoms with Crippen molar-refractivity contribution in [1.82, 2.24) is 25.9 Å². The lowest BCUT2D eigenvalue weighted by Crippen LogP contribution is -2.49. The lowest BCUT2D eigenvalue weighted by atomic mass is 9.99. The number of amides is 6. The van der Waals surface area contributed by atoms with Crippen molar-refractivity contribution in [2.24, 2.45) is 0 Å². The van der Waals surface area contributed by atoms with Gasteiger partial charge in [0.2, 0.25) is 17.7 Å². The van der Waals surface area contributed by atoms with Gasteiger partial charge in [-0.15, -0.1) is 0 Å². The Hall–Kier alpha value is -5.91. The first-order valence-electron chi connectivity index (χ1n) is 12.1. The SMILES string of the molecule is C.O=C1CC(=O)/C(=C/c2ccnc3ccccc23)C(=O)N1.O=C1CC(=O)NC(=O)N1.O=Cc1ccnc2ccccc12. The van der Waals surface area contributed by atoms with E-state index < -0.39 is 35.4 Å². The molecule has 2 aromatic heterocycles. The average Bonchev–Trinajstić information content (AvgIpc) is 2.94. The smallest absolute Gasteiger partial charge is 0.298 e. The van der Waals surface area contributed by atoms with Crippen LogP contribution in [0, 0.1) is 0 Å². The maximum atomic E-state index is 11.8. The average molecular weight is 568 g/mol. The van der Waals surface area contributed by atoms with Gasteiger partial charge in [-0.3, -0.25) is 54.7 Å². The molecule has 0 saturated carbocycles.